The van der Waals surface area contributed by atoms with Crippen LogP contribution in [0.15, 0.2) is 0 Å². The van der Waals surface area contributed by atoms with Gasteiger partial charge in [0.2, 0.25) is 5.91 Å². The second-order valence-corrected chi connectivity index (χ2v) is 5.70. The first-order valence-corrected chi connectivity index (χ1v) is 6.83. The molecule has 3 nitrogen and oxygen atoms in total. The number of carbonyl (C=O) groups excluding carboxylic acids is 1. The third-order valence-corrected chi connectivity index (χ3v) is 3.61. The second-order valence-electron chi connectivity index (χ2n) is 5.70. The highest BCUT2D eigenvalue weighted by Gasteiger charge is 2.43. The number of carbonyl (C=O) groups is 1. The first kappa shape index (κ1) is 16.3. The van der Waals surface area contributed by atoms with Gasteiger partial charge < -0.3 is 10.6 Å². The summed E-state index contributed by atoms with van der Waals surface area (Å²) in [6.07, 6.45) is -1.14. The molecule has 112 valence electrons. The number of nitrogens with zero attached hydrogens (tertiary/aromatic N) is 1. The van der Waals surface area contributed by atoms with Crippen LogP contribution in [0, 0.1) is 5.92 Å². The number of amides is 1. The molecule has 0 spiro atoms. The van der Waals surface area contributed by atoms with Gasteiger partial charge in [-0.15, -0.1) is 0 Å². The molecule has 0 aromatic rings. The van der Waals surface area contributed by atoms with Gasteiger partial charge in [0.15, 0.2) is 0 Å². The topological polar surface area (TPSA) is 46.3 Å². The Balaban J connectivity index is 2.80. The lowest BCUT2D eigenvalue weighted by molar-refractivity contribution is -0.165. The van der Waals surface area contributed by atoms with E-state index >= 15 is 0 Å². The van der Waals surface area contributed by atoms with Gasteiger partial charge in [-0.05, 0) is 25.2 Å². The Kier molecular flexibility index (Phi) is 5.24. The highest BCUT2D eigenvalue weighted by molar-refractivity contribution is 5.86. The largest absolute Gasteiger partial charge is 0.406 e. The summed E-state index contributed by atoms with van der Waals surface area (Å²) in [5.74, 6) is -0.254. The van der Waals surface area contributed by atoms with Crippen molar-refractivity contribution in [2.75, 3.05) is 13.1 Å². The number of halogens is 3. The lowest BCUT2D eigenvalue weighted by atomic mass is 9.76. The van der Waals surface area contributed by atoms with Crippen molar-refractivity contribution < 1.29 is 18.0 Å². The Bertz CT molecular complexity index is 320. The van der Waals surface area contributed by atoms with Crippen molar-refractivity contribution in [2.45, 2.75) is 57.7 Å². The van der Waals surface area contributed by atoms with E-state index in [-0.39, 0.29) is 12.5 Å². The minimum absolute atomic E-state index is 0.103. The van der Waals surface area contributed by atoms with Gasteiger partial charge in [-0.25, -0.2) is 0 Å². The van der Waals surface area contributed by atoms with Crippen molar-refractivity contribution in [3.63, 3.8) is 0 Å². The molecule has 1 aliphatic rings. The zero-order valence-electron chi connectivity index (χ0n) is 11.6. The molecule has 1 rings (SSSR count). The first-order valence-electron chi connectivity index (χ1n) is 6.83. The van der Waals surface area contributed by atoms with E-state index in [0.29, 0.717) is 19.3 Å². The molecule has 0 radical (unpaired) electrons. The summed E-state index contributed by atoms with van der Waals surface area (Å²) in [5, 5.41) is 0. The molecule has 2 unspecified atom stereocenters. The van der Waals surface area contributed by atoms with E-state index in [0.717, 1.165) is 17.7 Å². The van der Waals surface area contributed by atoms with Gasteiger partial charge in [0.25, 0.3) is 0 Å². The molecule has 2 N–H and O–H groups in total. The monoisotopic (exact) mass is 280 g/mol. The van der Waals surface area contributed by atoms with Gasteiger partial charge in [0, 0.05) is 6.54 Å². The number of nitrogens with two attached hydrogens (primary N) is 1. The quantitative estimate of drug-likeness (QED) is 0.860. The van der Waals surface area contributed by atoms with Gasteiger partial charge in [-0.2, -0.15) is 13.2 Å². The minimum Gasteiger partial charge on any atom is -0.332 e. The van der Waals surface area contributed by atoms with Crippen molar-refractivity contribution in [3.05, 3.63) is 0 Å². The van der Waals surface area contributed by atoms with Crippen LogP contribution in [0.4, 0.5) is 13.2 Å². The second kappa shape index (κ2) is 6.11. The number of hydrogen-bond acceptors (Lipinski definition) is 2. The molecular weight excluding hydrogens is 257 g/mol. The van der Waals surface area contributed by atoms with Crippen LogP contribution in [-0.2, 0) is 4.79 Å². The van der Waals surface area contributed by atoms with Gasteiger partial charge in [0.1, 0.15) is 6.54 Å². The fourth-order valence-electron chi connectivity index (χ4n) is 2.84. The van der Waals surface area contributed by atoms with Crippen LogP contribution in [0.25, 0.3) is 0 Å². The summed E-state index contributed by atoms with van der Waals surface area (Å²) in [6.45, 7) is 2.64. The summed E-state index contributed by atoms with van der Waals surface area (Å²) in [7, 11) is 0. The SMILES string of the molecule is CCCN(CC(F)(F)F)C(=O)C1(N)CCCC(C)C1. The highest BCUT2D eigenvalue weighted by atomic mass is 19.4. The third kappa shape index (κ3) is 4.67. The average molecular weight is 280 g/mol. The molecule has 1 aliphatic carbocycles. The molecule has 2 atom stereocenters. The summed E-state index contributed by atoms with van der Waals surface area (Å²) in [6, 6.07) is 0. The maximum absolute atomic E-state index is 12.5. The first-order chi connectivity index (χ1) is 8.68. The van der Waals surface area contributed by atoms with Crippen LogP contribution >= 0.6 is 0 Å². The van der Waals surface area contributed by atoms with Crippen molar-refractivity contribution >= 4 is 5.91 Å². The Hall–Kier alpha value is -0.780. The molecule has 0 aromatic carbocycles. The Morgan fingerprint density at radius 2 is 2.11 bits per heavy atom. The molecule has 0 bridgehead atoms. The molecule has 0 saturated heterocycles. The van der Waals surface area contributed by atoms with E-state index in [2.05, 4.69) is 0 Å². The van der Waals surface area contributed by atoms with Gasteiger partial charge in [-0.3, -0.25) is 4.79 Å². The van der Waals surface area contributed by atoms with Crippen LogP contribution in [0.1, 0.15) is 46.0 Å². The summed E-state index contributed by atoms with van der Waals surface area (Å²) >= 11 is 0. The molecule has 0 aromatic heterocycles. The minimum atomic E-state index is -4.37. The van der Waals surface area contributed by atoms with E-state index in [1.165, 1.54) is 0 Å². The van der Waals surface area contributed by atoms with E-state index in [1.807, 2.05) is 6.92 Å². The highest BCUT2D eigenvalue weighted by Crippen LogP contribution is 2.32. The lowest BCUT2D eigenvalue weighted by Gasteiger charge is -2.39. The standard InChI is InChI=1S/C13H23F3N2O/c1-3-7-18(9-13(14,15)16)11(19)12(17)6-4-5-10(2)8-12/h10H,3-9,17H2,1-2H3. The molecule has 6 heteroatoms. The molecule has 1 amide bonds. The molecule has 0 heterocycles. The Morgan fingerprint density at radius 3 is 2.58 bits per heavy atom. The van der Waals surface area contributed by atoms with E-state index in [4.69, 9.17) is 5.73 Å². The number of rotatable bonds is 4. The van der Waals surface area contributed by atoms with Crippen molar-refractivity contribution in [2.24, 2.45) is 11.7 Å². The predicted octanol–water partition coefficient (Wildman–Crippen LogP) is 2.69. The number of alkyl halides is 3. The van der Waals surface area contributed by atoms with Gasteiger partial charge in [-0.1, -0.05) is 26.7 Å². The fraction of sp³-hybridized carbons (Fsp3) is 0.923. The van der Waals surface area contributed by atoms with Crippen LogP contribution in [0.2, 0.25) is 0 Å². The van der Waals surface area contributed by atoms with Crippen LogP contribution < -0.4 is 5.73 Å². The Labute approximate surface area is 112 Å². The number of hydrogen-bond donors (Lipinski definition) is 1. The van der Waals surface area contributed by atoms with E-state index < -0.39 is 24.2 Å². The fourth-order valence-corrected chi connectivity index (χ4v) is 2.84. The predicted molar refractivity (Wildman–Crippen MR) is 67.5 cm³/mol. The summed E-state index contributed by atoms with van der Waals surface area (Å²) < 4.78 is 37.6. The van der Waals surface area contributed by atoms with Crippen LogP contribution in [-0.4, -0.2) is 35.6 Å². The summed E-state index contributed by atoms with van der Waals surface area (Å²) in [4.78, 5) is 13.2. The maximum Gasteiger partial charge on any atom is 0.406 e. The van der Waals surface area contributed by atoms with Crippen molar-refractivity contribution in [3.8, 4) is 0 Å². The molecule has 0 aliphatic heterocycles. The molecule has 1 saturated carbocycles. The van der Waals surface area contributed by atoms with E-state index in [9.17, 15) is 18.0 Å². The normalized spacial score (nSPS) is 28.2. The Morgan fingerprint density at radius 1 is 1.47 bits per heavy atom. The average Bonchev–Trinajstić information content (AvgIpc) is 2.25. The lowest BCUT2D eigenvalue weighted by Crippen LogP contribution is -2.58. The van der Waals surface area contributed by atoms with Crippen molar-refractivity contribution in [1.29, 1.82) is 0 Å². The van der Waals surface area contributed by atoms with Gasteiger partial charge >= 0.3 is 6.18 Å². The summed E-state index contributed by atoms with van der Waals surface area (Å²) in [5.41, 5.74) is 4.97. The third-order valence-electron chi connectivity index (χ3n) is 3.61. The smallest absolute Gasteiger partial charge is 0.332 e. The van der Waals surface area contributed by atoms with E-state index in [1.54, 1.807) is 6.92 Å². The molecule has 1 fully saturated rings. The zero-order valence-corrected chi connectivity index (χ0v) is 11.6. The van der Waals surface area contributed by atoms with Gasteiger partial charge in [0.05, 0.1) is 5.54 Å². The van der Waals surface area contributed by atoms with Crippen molar-refractivity contribution in [1.82, 2.24) is 4.90 Å². The van der Waals surface area contributed by atoms with Crippen LogP contribution in [0.5, 0.6) is 0 Å². The maximum atomic E-state index is 12.5. The zero-order chi connectivity index (χ0) is 14.7. The molecular formula is C13H23F3N2O. The van der Waals surface area contributed by atoms with Crippen LogP contribution in [0.3, 0.4) is 0 Å². The molecule has 19 heavy (non-hydrogen) atoms.